The minimum Gasteiger partial charge on any atom is -0.384 e. The molecule has 0 amide bonds. The first kappa shape index (κ1) is 21.6. The molecule has 0 unspecified atom stereocenters. The number of ether oxygens (including phenoxy) is 1. The normalized spacial score (nSPS) is 15.5. The third-order valence-electron chi connectivity index (χ3n) is 5.59. The number of rotatable bonds is 5. The second-order valence-corrected chi connectivity index (χ2v) is 9.52. The first-order valence-electron chi connectivity index (χ1n) is 9.83. The van der Waals surface area contributed by atoms with E-state index in [-0.39, 0.29) is 9.79 Å². The van der Waals surface area contributed by atoms with E-state index in [0.717, 1.165) is 25.0 Å². The van der Waals surface area contributed by atoms with E-state index in [2.05, 4.69) is 4.98 Å². The first-order chi connectivity index (χ1) is 14.8. The fourth-order valence-corrected chi connectivity index (χ4v) is 5.43. The molecule has 3 aromatic rings. The topological polar surface area (TPSA) is 59.5 Å². The van der Waals surface area contributed by atoms with Gasteiger partial charge in [0.15, 0.2) is 11.6 Å². The summed E-state index contributed by atoms with van der Waals surface area (Å²) in [5.41, 5.74) is 0.768. The maximum atomic E-state index is 14.1. The molecule has 0 bridgehead atoms. The lowest BCUT2D eigenvalue weighted by molar-refractivity contribution is 0.139. The molecule has 0 spiro atoms. The lowest BCUT2D eigenvalue weighted by Gasteiger charge is -2.35. The standard InChI is InChI=1S/C22H21F3N2O3S/c1-30-13-14-6-8-27(9-7-14)22-17-10-15(23)2-5-20(17)26-12-21(22)31(28,29)16-3-4-18(24)19(25)11-16/h2-5,10-12,14H,6-9,13H2,1H3. The predicted octanol–water partition coefficient (Wildman–Crippen LogP) is 4.35. The molecule has 5 nitrogen and oxygen atoms in total. The summed E-state index contributed by atoms with van der Waals surface area (Å²) >= 11 is 0. The van der Waals surface area contributed by atoms with Crippen molar-refractivity contribution in [3.8, 4) is 0 Å². The van der Waals surface area contributed by atoms with Crippen LogP contribution >= 0.6 is 0 Å². The van der Waals surface area contributed by atoms with Crippen LogP contribution in [0.5, 0.6) is 0 Å². The Labute approximate surface area is 178 Å². The van der Waals surface area contributed by atoms with Gasteiger partial charge in [-0.2, -0.15) is 0 Å². The third kappa shape index (κ3) is 4.12. The molecule has 2 heterocycles. The van der Waals surface area contributed by atoms with Gasteiger partial charge in [-0.3, -0.25) is 4.98 Å². The molecular formula is C22H21F3N2O3S. The van der Waals surface area contributed by atoms with E-state index in [9.17, 15) is 21.6 Å². The zero-order valence-corrected chi connectivity index (χ0v) is 17.6. The van der Waals surface area contributed by atoms with Crippen LogP contribution in [0.25, 0.3) is 10.9 Å². The van der Waals surface area contributed by atoms with Gasteiger partial charge in [-0.1, -0.05) is 0 Å². The molecule has 0 radical (unpaired) electrons. The SMILES string of the molecule is COCC1CCN(c2c(S(=O)(=O)c3ccc(F)c(F)c3)cnc3ccc(F)cc23)CC1. The van der Waals surface area contributed by atoms with E-state index in [0.29, 0.717) is 48.3 Å². The van der Waals surface area contributed by atoms with E-state index in [1.54, 1.807) is 7.11 Å². The number of pyridine rings is 1. The molecule has 1 aliphatic rings. The monoisotopic (exact) mass is 450 g/mol. The Morgan fingerprint density at radius 2 is 1.81 bits per heavy atom. The van der Waals surface area contributed by atoms with Gasteiger partial charge in [-0.15, -0.1) is 0 Å². The van der Waals surface area contributed by atoms with Crippen LogP contribution < -0.4 is 4.90 Å². The Bertz CT molecular complexity index is 1230. The number of fused-ring (bicyclic) bond motifs is 1. The van der Waals surface area contributed by atoms with Gasteiger partial charge in [0.05, 0.1) is 16.1 Å². The van der Waals surface area contributed by atoms with Gasteiger partial charge in [-0.05, 0) is 55.2 Å². The van der Waals surface area contributed by atoms with Crippen molar-refractivity contribution < 1.29 is 26.3 Å². The Kier molecular flexibility index (Phi) is 5.90. The Morgan fingerprint density at radius 1 is 1.06 bits per heavy atom. The van der Waals surface area contributed by atoms with Gasteiger partial charge >= 0.3 is 0 Å². The van der Waals surface area contributed by atoms with Crippen molar-refractivity contribution in [1.82, 2.24) is 4.98 Å². The van der Waals surface area contributed by atoms with Crippen LogP contribution in [-0.4, -0.2) is 40.2 Å². The van der Waals surface area contributed by atoms with Crippen molar-refractivity contribution in [1.29, 1.82) is 0 Å². The molecule has 9 heteroatoms. The summed E-state index contributed by atoms with van der Waals surface area (Å²) in [5, 5.41) is 0.355. The molecule has 0 N–H and O–H groups in total. The fraction of sp³-hybridized carbons (Fsp3) is 0.318. The molecule has 31 heavy (non-hydrogen) atoms. The van der Waals surface area contributed by atoms with Crippen LogP contribution in [0.2, 0.25) is 0 Å². The highest BCUT2D eigenvalue weighted by molar-refractivity contribution is 7.91. The summed E-state index contributed by atoms with van der Waals surface area (Å²) in [7, 11) is -2.61. The molecule has 0 atom stereocenters. The van der Waals surface area contributed by atoms with Crippen LogP contribution in [0.15, 0.2) is 52.4 Å². The van der Waals surface area contributed by atoms with Crippen LogP contribution in [-0.2, 0) is 14.6 Å². The number of sulfone groups is 1. The fourth-order valence-electron chi connectivity index (χ4n) is 3.99. The zero-order valence-electron chi connectivity index (χ0n) is 16.8. The number of anilines is 1. The third-order valence-corrected chi connectivity index (χ3v) is 7.34. The number of benzene rings is 2. The summed E-state index contributed by atoms with van der Waals surface area (Å²) in [4.78, 5) is 5.53. The second-order valence-electron chi connectivity index (χ2n) is 7.60. The molecule has 1 aromatic heterocycles. The van der Waals surface area contributed by atoms with Crippen LogP contribution in [0, 0.1) is 23.4 Å². The molecule has 1 aliphatic heterocycles. The first-order valence-corrected chi connectivity index (χ1v) is 11.3. The molecule has 0 aliphatic carbocycles. The molecule has 2 aromatic carbocycles. The Hall–Kier alpha value is -2.65. The average Bonchev–Trinajstić information content (AvgIpc) is 2.75. The van der Waals surface area contributed by atoms with Crippen molar-refractivity contribution in [3.05, 3.63) is 60.0 Å². The van der Waals surface area contributed by atoms with E-state index in [4.69, 9.17) is 4.74 Å². The molecule has 4 rings (SSSR count). The summed E-state index contributed by atoms with van der Waals surface area (Å²) in [5.74, 6) is -2.58. The largest absolute Gasteiger partial charge is 0.384 e. The molecule has 164 valence electrons. The number of methoxy groups -OCH3 is 1. The van der Waals surface area contributed by atoms with Gasteiger partial charge < -0.3 is 9.64 Å². The number of hydrogen-bond donors (Lipinski definition) is 0. The number of halogens is 3. The van der Waals surface area contributed by atoms with E-state index in [1.165, 1.54) is 24.4 Å². The van der Waals surface area contributed by atoms with Gasteiger partial charge in [0, 0.05) is 38.4 Å². The molecule has 0 saturated carbocycles. The van der Waals surface area contributed by atoms with E-state index >= 15 is 0 Å². The highest BCUT2D eigenvalue weighted by Crippen LogP contribution is 2.38. The number of aromatic nitrogens is 1. The lowest BCUT2D eigenvalue weighted by atomic mass is 9.97. The molecule has 1 fully saturated rings. The van der Waals surface area contributed by atoms with Crippen molar-refractivity contribution in [2.75, 3.05) is 31.7 Å². The predicted molar refractivity (Wildman–Crippen MR) is 110 cm³/mol. The van der Waals surface area contributed by atoms with Crippen LogP contribution in [0.1, 0.15) is 12.8 Å². The quantitative estimate of drug-likeness (QED) is 0.541. The minimum absolute atomic E-state index is 0.165. The summed E-state index contributed by atoms with van der Waals surface area (Å²) in [6.45, 7) is 1.70. The number of piperidine rings is 1. The van der Waals surface area contributed by atoms with Gasteiger partial charge in [0.25, 0.3) is 0 Å². The minimum atomic E-state index is -4.24. The van der Waals surface area contributed by atoms with Crippen molar-refractivity contribution in [2.24, 2.45) is 5.92 Å². The maximum absolute atomic E-state index is 14.1. The van der Waals surface area contributed by atoms with Crippen molar-refractivity contribution >= 4 is 26.4 Å². The van der Waals surface area contributed by atoms with Crippen LogP contribution in [0.4, 0.5) is 18.9 Å². The average molecular weight is 450 g/mol. The summed E-state index contributed by atoms with van der Waals surface area (Å²) in [6, 6.07) is 6.43. The zero-order chi connectivity index (χ0) is 22.2. The molecular weight excluding hydrogens is 429 g/mol. The van der Waals surface area contributed by atoms with Crippen LogP contribution in [0.3, 0.4) is 0 Å². The lowest BCUT2D eigenvalue weighted by Crippen LogP contribution is -2.36. The summed E-state index contributed by atoms with van der Waals surface area (Å²) < 4.78 is 73.2. The van der Waals surface area contributed by atoms with Gasteiger partial charge in [0.1, 0.15) is 10.7 Å². The van der Waals surface area contributed by atoms with E-state index < -0.39 is 27.3 Å². The molecule has 1 saturated heterocycles. The Morgan fingerprint density at radius 3 is 2.48 bits per heavy atom. The van der Waals surface area contributed by atoms with Crippen molar-refractivity contribution in [3.63, 3.8) is 0 Å². The van der Waals surface area contributed by atoms with Gasteiger partial charge in [-0.25, -0.2) is 21.6 Å². The Balaban J connectivity index is 1.87. The van der Waals surface area contributed by atoms with Gasteiger partial charge in [0.2, 0.25) is 9.84 Å². The second kappa shape index (κ2) is 8.47. The number of hydrogen-bond acceptors (Lipinski definition) is 5. The highest BCUT2D eigenvalue weighted by Gasteiger charge is 2.30. The highest BCUT2D eigenvalue weighted by atomic mass is 32.2. The maximum Gasteiger partial charge on any atom is 0.210 e. The van der Waals surface area contributed by atoms with Crippen molar-refractivity contribution in [2.45, 2.75) is 22.6 Å². The number of nitrogens with zero attached hydrogens (tertiary/aromatic N) is 2. The smallest absolute Gasteiger partial charge is 0.210 e. The van der Waals surface area contributed by atoms with E-state index in [1.807, 2.05) is 4.90 Å². The summed E-state index contributed by atoms with van der Waals surface area (Å²) in [6.07, 6.45) is 2.75.